The van der Waals surface area contributed by atoms with E-state index in [1.165, 1.54) is 23.1 Å². The molecule has 1 heterocycles. The van der Waals surface area contributed by atoms with Crippen molar-refractivity contribution in [3.8, 4) is 17.0 Å². The molecule has 0 atom stereocenters. The topological polar surface area (TPSA) is 63.6 Å². The quantitative estimate of drug-likeness (QED) is 0.268. The summed E-state index contributed by atoms with van der Waals surface area (Å²) in [6.07, 6.45) is 2.57. The minimum absolute atomic E-state index is 0.183. The molecule has 8 heteroatoms. The Morgan fingerprint density at radius 2 is 2.00 bits per heavy atom. The molecule has 0 aliphatic carbocycles. The average molecular weight is 446 g/mol. The van der Waals surface area contributed by atoms with Gasteiger partial charge in [-0.15, -0.1) is 11.3 Å². The third kappa shape index (κ3) is 6.88. The first-order valence-electron chi connectivity index (χ1n) is 9.03. The van der Waals surface area contributed by atoms with Crippen LogP contribution in [0, 0.1) is 0 Å². The smallest absolute Gasteiger partial charge is 0.250 e. The maximum absolute atomic E-state index is 12.0. The highest BCUT2D eigenvalue weighted by molar-refractivity contribution is 8.01. The number of amides is 1. The number of ether oxygens (including phenoxy) is 1. The molecular weight excluding hydrogens is 426 g/mol. The standard InChI is InChI=1S/C21H20ClN3O2S2/c1-2-11-27-18-9-3-15(4-10-18)12-23-25-20(26)14-29-21-24-19(13-28-21)16-5-7-17(22)8-6-16/h3-10,12-13H,2,11,14H2,1H3,(H,25,26)/b23-12-. The Balaban J connectivity index is 1.44. The molecule has 0 spiro atoms. The Kier molecular flexibility index (Phi) is 8.10. The van der Waals surface area contributed by atoms with Gasteiger partial charge in [0.1, 0.15) is 5.75 Å². The van der Waals surface area contributed by atoms with Crippen LogP contribution in [0.1, 0.15) is 18.9 Å². The Hall–Kier alpha value is -2.35. The minimum atomic E-state index is -0.183. The minimum Gasteiger partial charge on any atom is -0.494 e. The van der Waals surface area contributed by atoms with Crippen molar-refractivity contribution in [1.82, 2.24) is 10.4 Å². The zero-order chi connectivity index (χ0) is 20.5. The Morgan fingerprint density at radius 1 is 1.24 bits per heavy atom. The lowest BCUT2D eigenvalue weighted by Gasteiger charge is -2.03. The molecule has 29 heavy (non-hydrogen) atoms. The van der Waals surface area contributed by atoms with Gasteiger partial charge in [-0.1, -0.05) is 42.4 Å². The highest BCUT2D eigenvalue weighted by Crippen LogP contribution is 2.28. The number of thiazole rings is 1. The van der Waals surface area contributed by atoms with Crippen molar-refractivity contribution in [3.63, 3.8) is 0 Å². The number of halogens is 1. The molecule has 0 saturated carbocycles. The fourth-order valence-corrected chi connectivity index (χ4v) is 4.04. The van der Waals surface area contributed by atoms with Gasteiger partial charge in [-0.25, -0.2) is 10.4 Å². The first kappa shape index (κ1) is 21.4. The maximum Gasteiger partial charge on any atom is 0.250 e. The van der Waals surface area contributed by atoms with Crippen molar-refractivity contribution >= 4 is 46.8 Å². The van der Waals surface area contributed by atoms with Crippen molar-refractivity contribution < 1.29 is 9.53 Å². The molecular formula is C21H20ClN3O2S2. The number of benzene rings is 2. The van der Waals surface area contributed by atoms with Gasteiger partial charge in [0.2, 0.25) is 0 Å². The van der Waals surface area contributed by atoms with Crippen LogP contribution < -0.4 is 10.2 Å². The van der Waals surface area contributed by atoms with Crippen LogP contribution in [0.25, 0.3) is 11.3 Å². The molecule has 1 aromatic heterocycles. The number of aromatic nitrogens is 1. The van der Waals surface area contributed by atoms with E-state index in [0.29, 0.717) is 11.6 Å². The van der Waals surface area contributed by atoms with Gasteiger partial charge in [-0.2, -0.15) is 5.10 Å². The lowest BCUT2D eigenvalue weighted by atomic mass is 10.2. The Morgan fingerprint density at radius 3 is 2.72 bits per heavy atom. The summed E-state index contributed by atoms with van der Waals surface area (Å²) in [6.45, 7) is 2.76. The molecule has 1 amide bonds. The van der Waals surface area contributed by atoms with Gasteiger partial charge in [0, 0.05) is 16.0 Å². The van der Waals surface area contributed by atoms with E-state index in [0.717, 1.165) is 33.3 Å². The van der Waals surface area contributed by atoms with E-state index >= 15 is 0 Å². The van der Waals surface area contributed by atoms with Gasteiger partial charge in [0.05, 0.1) is 24.3 Å². The second-order valence-electron chi connectivity index (χ2n) is 6.00. The number of carbonyl (C=O) groups is 1. The molecule has 3 rings (SSSR count). The molecule has 2 aromatic carbocycles. The number of rotatable bonds is 9. The second-order valence-corrected chi connectivity index (χ2v) is 8.52. The molecule has 150 valence electrons. The van der Waals surface area contributed by atoms with Crippen LogP contribution in [0.15, 0.2) is 63.4 Å². The molecule has 0 unspecified atom stereocenters. The van der Waals surface area contributed by atoms with Crippen LogP contribution in [0.3, 0.4) is 0 Å². The summed E-state index contributed by atoms with van der Waals surface area (Å²) >= 11 is 8.80. The summed E-state index contributed by atoms with van der Waals surface area (Å²) in [5.74, 6) is 0.887. The van der Waals surface area contributed by atoms with Gasteiger partial charge in [-0.3, -0.25) is 4.79 Å². The molecule has 0 aliphatic rings. The zero-order valence-corrected chi connectivity index (χ0v) is 18.2. The van der Waals surface area contributed by atoms with E-state index in [9.17, 15) is 4.79 Å². The summed E-state index contributed by atoms with van der Waals surface area (Å²) in [6, 6.07) is 15.1. The SMILES string of the molecule is CCCOc1ccc(/C=N\NC(=O)CSc2nc(-c3ccc(Cl)cc3)cs2)cc1. The summed E-state index contributed by atoms with van der Waals surface area (Å²) in [7, 11) is 0. The highest BCUT2D eigenvalue weighted by Gasteiger charge is 2.08. The fraction of sp³-hybridized carbons (Fsp3) is 0.190. The Labute approximate surface area is 183 Å². The summed E-state index contributed by atoms with van der Waals surface area (Å²) in [5.41, 5.74) is 5.29. The number of nitrogens with zero attached hydrogens (tertiary/aromatic N) is 2. The molecule has 3 aromatic rings. The fourth-order valence-electron chi connectivity index (χ4n) is 2.29. The van der Waals surface area contributed by atoms with E-state index in [1.807, 2.05) is 53.9 Å². The van der Waals surface area contributed by atoms with Crippen LogP contribution in [-0.2, 0) is 4.79 Å². The van der Waals surface area contributed by atoms with Crippen LogP contribution in [0.5, 0.6) is 5.75 Å². The van der Waals surface area contributed by atoms with Gasteiger partial charge in [0.15, 0.2) is 4.34 Å². The first-order valence-corrected chi connectivity index (χ1v) is 11.3. The number of hydrazone groups is 1. The van der Waals surface area contributed by atoms with E-state index in [-0.39, 0.29) is 11.7 Å². The van der Waals surface area contributed by atoms with E-state index in [4.69, 9.17) is 16.3 Å². The van der Waals surface area contributed by atoms with Crippen molar-refractivity contribution in [2.75, 3.05) is 12.4 Å². The van der Waals surface area contributed by atoms with E-state index < -0.39 is 0 Å². The van der Waals surface area contributed by atoms with Gasteiger partial charge in [-0.05, 0) is 48.4 Å². The predicted molar refractivity (Wildman–Crippen MR) is 121 cm³/mol. The lowest BCUT2D eigenvalue weighted by molar-refractivity contribution is -0.118. The maximum atomic E-state index is 12.0. The van der Waals surface area contributed by atoms with Crippen molar-refractivity contribution in [2.24, 2.45) is 5.10 Å². The number of hydrogen-bond donors (Lipinski definition) is 1. The zero-order valence-electron chi connectivity index (χ0n) is 15.8. The highest BCUT2D eigenvalue weighted by atomic mass is 35.5. The number of nitrogens with one attached hydrogen (secondary N) is 1. The summed E-state index contributed by atoms with van der Waals surface area (Å²) in [5, 5.41) is 6.66. The van der Waals surface area contributed by atoms with Crippen molar-refractivity contribution in [2.45, 2.75) is 17.7 Å². The molecule has 0 fully saturated rings. The van der Waals surface area contributed by atoms with Gasteiger partial charge >= 0.3 is 0 Å². The van der Waals surface area contributed by atoms with Crippen LogP contribution in [0.2, 0.25) is 5.02 Å². The normalized spacial score (nSPS) is 11.0. The monoisotopic (exact) mass is 445 g/mol. The molecule has 0 saturated heterocycles. The Bertz CT molecular complexity index is 957. The van der Waals surface area contributed by atoms with Crippen LogP contribution in [-0.4, -0.2) is 29.5 Å². The van der Waals surface area contributed by atoms with Gasteiger partial charge in [0.25, 0.3) is 5.91 Å². The van der Waals surface area contributed by atoms with Crippen molar-refractivity contribution in [1.29, 1.82) is 0 Å². The molecule has 1 N–H and O–H groups in total. The summed E-state index contributed by atoms with van der Waals surface area (Å²) in [4.78, 5) is 16.5. The molecule has 0 aliphatic heterocycles. The van der Waals surface area contributed by atoms with E-state index in [2.05, 4.69) is 22.4 Å². The van der Waals surface area contributed by atoms with Crippen molar-refractivity contribution in [3.05, 3.63) is 64.5 Å². The second kappa shape index (κ2) is 11.0. The summed E-state index contributed by atoms with van der Waals surface area (Å²) < 4.78 is 6.36. The third-order valence-corrected chi connectivity index (χ3v) is 5.98. The molecule has 0 radical (unpaired) electrons. The predicted octanol–water partition coefficient (Wildman–Crippen LogP) is 5.49. The van der Waals surface area contributed by atoms with Crippen LogP contribution in [0.4, 0.5) is 0 Å². The van der Waals surface area contributed by atoms with E-state index in [1.54, 1.807) is 6.21 Å². The largest absolute Gasteiger partial charge is 0.494 e. The molecule has 5 nitrogen and oxygen atoms in total. The number of hydrogen-bond acceptors (Lipinski definition) is 6. The van der Waals surface area contributed by atoms with Gasteiger partial charge < -0.3 is 4.74 Å². The third-order valence-electron chi connectivity index (χ3n) is 3.71. The molecule has 0 bridgehead atoms. The van der Waals surface area contributed by atoms with Crippen LogP contribution >= 0.6 is 34.7 Å². The number of carbonyl (C=O) groups excluding carboxylic acids is 1. The first-order chi connectivity index (χ1) is 14.1. The number of thioether (sulfide) groups is 1. The lowest BCUT2D eigenvalue weighted by Crippen LogP contribution is -2.19. The average Bonchev–Trinajstić information content (AvgIpc) is 3.21.